The highest BCUT2D eigenvalue weighted by Gasteiger charge is 2.46. The quantitative estimate of drug-likeness (QED) is 0.321. The van der Waals surface area contributed by atoms with Crippen molar-refractivity contribution in [3.63, 3.8) is 0 Å². The number of imidazole rings is 1. The Hall–Kier alpha value is -4.12. The van der Waals surface area contributed by atoms with Gasteiger partial charge in [-0.05, 0) is 56.3 Å². The predicted molar refractivity (Wildman–Crippen MR) is 157 cm³/mol. The van der Waals surface area contributed by atoms with Crippen molar-refractivity contribution in [3.8, 4) is 0 Å². The van der Waals surface area contributed by atoms with Gasteiger partial charge in [0, 0.05) is 68.4 Å². The smallest absolute Gasteiger partial charge is 0.229 e. The molecule has 11 nitrogen and oxygen atoms in total. The van der Waals surface area contributed by atoms with Crippen LogP contribution in [-0.4, -0.2) is 72.9 Å². The molecule has 4 aromatic rings. The zero-order valence-electron chi connectivity index (χ0n) is 23.6. The largest absolute Gasteiger partial charge is 0.366 e. The number of hydrogen-bond acceptors (Lipinski definition) is 9. The highest BCUT2D eigenvalue weighted by atomic mass is 16.2. The van der Waals surface area contributed by atoms with Crippen molar-refractivity contribution >= 4 is 28.9 Å². The lowest BCUT2D eigenvalue weighted by Crippen LogP contribution is -2.46. The van der Waals surface area contributed by atoms with Crippen molar-refractivity contribution in [1.82, 2.24) is 34.2 Å². The Morgan fingerprint density at radius 1 is 1.02 bits per heavy atom. The molecule has 1 saturated heterocycles. The molecule has 3 aliphatic rings. The first-order valence-electron chi connectivity index (χ1n) is 14.7. The molecule has 0 aromatic carbocycles. The minimum absolute atomic E-state index is 0.0604. The summed E-state index contributed by atoms with van der Waals surface area (Å²) < 4.78 is 2.20. The lowest BCUT2D eigenvalue weighted by atomic mass is 10.1. The van der Waals surface area contributed by atoms with Crippen LogP contribution in [0, 0.1) is 12.8 Å². The third-order valence-electron chi connectivity index (χ3n) is 8.45. The first-order chi connectivity index (χ1) is 20.0. The number of carbonyl (C=O) groups is 1. The Kier molecular flexibility index (Phi) is 6.74. The van der Waals surface area contributed by atoms with Gasteiger partial charge in [-0.25, -0.2) is 24.9 Å². The summed E-state index contributed by atoms with van der Waals surface area (Å²) in [7, 11) is 0. The van der Waals surface area contributed by atoms with E-state index in [9.17, 15) is 4.79 Å². The number of aromatic nitrogens is 6. The van der Waals surface area contributed by atoms with Crippen LogP contribution in [0.4, 0.5) is 17.3 Å². The maximum atomic E-state index is 12.8. The minimum Gasteiger partial charge on any atom is -0.366 e. The van der Waals surface area contributed by atoms with Crippen molar-refractivity contribution in [2.75, 3.05) is 48.3 Å². The van der Waals surface area contributed by atoms with E-state index in [4.69, 9.17) is 4.98 Å². The summed E-state index contributed by atoms with van der Waals surface area (Å²) in [5.41, 5.74) is 5.49. The highest BCUT2D eigenvalue weighted by Crippen LogP contribution is 2.46. The number of rotatable bonds is 9. The van der Waals surface area contributed by atoms with Crippen LogP contribution in [-0.2, 0) is 11.3 Å². The van der Waals surface area contributed by atoms with Gasteiger partial charge in [-0.15, -0.1) is 0 Å². The van der Waals surface area contributed by atoms with Gasteiger partial charge >= 0.3 is 0 Å². The van der Waals surface area contributed by atoms with Crippen LogP contribution in [0.15, 0.2) is 43.1 Å². The lowest BCUT2D eigenvalue weighted by Gasteiger charge is -2.35. The summed E-state index contributed by atoms with van der Waals surface area (Å²) in [5, 5.41) is 6.30. The first-order valence-corrected chi connectivity index (χ1v) is 14.7. The van der Waals surface area contributed by atoms with Gasteiger partial charge in [-0.2, -0.15) is 0 Å². The van der Waals surface area contributed by atoms with Crippen LogP contribution in [0.1, 0.15) is 60.8 Å². The lowest BCUT2D eigenvalue weighted by molar-refractivity contribution is -0.117. The van der Waals surface area contributed by atoms with Crippen LogP contribution in [0.2, 0.25) is 0 Å². The predicted octanol–water partition coefficient (Wildman–Crippen LogP) is 3.60. The maximum Gasteiger partial charge on any atom is 0.229 e. The Balaban J connectivity index is 1.02. The normalized spacial score (nSPS) is 20.8. The van der Waals surface area contributed by atoms with E-state index in [0.29, 0.717) is 24.1 Å². The van der Waals surface area contributed by atoms with Gasteiger partial charge in [-0.3, -0.25) is 4.79 Å². The standard InChI is InChI=1S/C30H36N10O/c1-3-38-8-10-39(11-9-38)25-12-21(20-4-5-20)16-40-17-22(36-29(25)40)15-32-26-14-27(34-18-33-26)37-30(41)24-13-23(24)28-31-7-6-19(2)35-28/h6-7,12,14,16-18,20,23-24H,3-5,8-11,13,15H2,1-2H3,(H2,32,33,34,37,41)/t23-,24-/m0/s1. The summed E-state index contributed by atoms with van der Waals surface area (Å²) >= 11 is 0. The number of piperazine rings is 1. The van der Waals surface area contributed by atoms with E-state index in [1.165, 1.54) is 30.4 Å². The molecule has 1 amide bonds. The van der Waals surface area contributed by atoms with Crippen molar-refractivity contribution in [2.45, 2.75) is 51.5 Å². The Morgan fingerprint density at radius 2 is 1.85 bits per heavy atom. The number of anilines is 3. The molecular formula is C30H36N10O. The summed E-state index contributed by atoms with van der Waals surface area (Å²) in [6, 6.07) is 5.99. The van der Waals surface area contributed by atoms with E-state index in [0.717, 1.165) is 62.0 Å². The molecule has 11 heteroatoms. The molecule has 3 fully saturated rings. The van der Waals surface area contributed by atoms with E-state index < -0.39 is 0 Å². The van der Waals surface area contributed by atoms with E-state index >= 15 is 0 Å². The van der Waals surface area contributed by atoms with Crippen LogP contribution >= 0.6 is 0 Å². The number of hydrogen-bond donors (Lipinski definition) is 2. The fraction of sp³-hybridized carbons (Fsp3) is 0.467. The highest BCUT2D eigenvalue weighted by molar-refractivity contribution is 5.94. The van der Waals surface area contributed by atoms with Gasteiger partial charge in [0.2, 0.25) is 5.91 Å². The van der Waals surface area contributed by atoms with E-state index in [-0.39, 0.29) is 17.7 Å². The van der Waals surface area contributed by atoms with E-state index in [1.54, 1.807) is 12.3 Å². The number of nitrogens with zero attached hydrogens (tertiary/aromatic N) is 8. The number of fused-ring (bicyclic) bond motifs is 1. The van der Waals surface area contributed by atoms with E-state index in [1.807, 2.05) is 13.0 Å². The Morgan fingerprint density at radius 3 is 2.63 bits per heavy atom. The summed E-state index contributed by atoms with van der Waals surface area (Å²) in [6.07, 6.45) is 10.9. The zero-order valence-corrected chi connectivity index (χ0v) is 23.6. The average Bonchev–Trinajstić information content (AvgIpc) is 3.92. The first kappa shape index (κ1) is 25.8. The van der Waals surface area contributed by atoms with Crippen molar-refractivity contribution in [3.05, 3.63) is 65.9 Å². The van der Waals surface area contributed by atoms with Crippen LogP contribution in [0.3, 0.4) is 0 Å². The molecule has 0 unspecified atom stereocenters. The van der Waals surface area contributed by atoms with Crippen LogP contribution in [0.25, 0.3) is 5.65 Å². The zero-order chi connectivity index (χ0) is 27.9. The Labute approximate surface area is 239 Å². The maximum absolute atomic E-state index is 12.8. The molecule has 212 valence electrons. The number of pyridine rings is 1. The van der Waals surface area contributed by atoms with Gasteiger partial charge < -0.3 is 24.8 Å². The second kappa shape index (κ2) is 10.7. The molecular weight excluding hydrogens is 516 g/mol. The van der Waals surface area contributed by atoms with Gasteiger partial charge in [0.05, 0.1) is 17.9 Å². The summed E-state index contributed by atoms with van der Waals surface area (Å²) in [6.45, 7) is 9.99. The van der Waals surface area contributed by atoms with Crippen molar-refractivity contribution in [2.24, 2.45) is 5.92 Å². The van der Waals surface area contributed by atoms with Crippen LogP contribution in [0.5, 0.6) is 0 Å². The average molecular weight is 553 g/mol. The molecule has 2 atom stereocenters. The third-order valence-corrected chi connectivity index (χ3v) is 8.45. The number of nitrogens with one attached hydrogen (secondary N) is 2. The number of likely N-dealkylation sites (N-methyl/N-ethyl adjacent to an activating group) is 1. The van der Waals surface area contributed by atoms with Crippen molar-refractivity contribution < 1.29 is 4.79 Å². The monoisotopic (exact) mass is 552 g/mol. The molecule has 5 heterocycles. The molecule has 2 saturated carbocycles. The molecule has 7 rings (SSSR count). The molecule has 4 aromatic heterocycles. The second-order valence-corrected chi connectivity index (χ2v) is 11.5. The topological polar surface area (TPSA) is 116 Å². The fourth-order valence-corrected chi connectivity index (χ4v) is 5.75. The number of aryl methyl sites for hydroxylation is 1. The molecule has 1 aliphatic heterocycles. The Bertz CT molecular complexity index is 1570. The van der Waals surface area contributed by atoms with Gasteiger partial charge in [0.15, 0.2) is 5.65 Å². The summed E-state index contributed by atoms with van der Waals surface area (Å²) in [4.78, 5) is 40.3. The fourth-order valence-electron chi connectivity index (χ4n) is 5.75. The van der Waals surface area contributed by atoms with Crippen LogP contribution < -0.4 is 15.5 Å². The van der Waals surface area contributed by atoms with E-state index in [2.05, 4.69) is 70.2 Å². The van der Waals surface area contributed by atoms with Gasteiger partial charge in [-0.1, -0.05) is 6.92 Å². The van der Waals surface area contributed by atoms with Crippen molar-refractivity contribution in [1.29, 1.82) is 0 Å². The summed E-state index contributed by atoms with van der Waals surface area (Å²) in [5.74, 6) is 2.37. The molecule has 2 aliphatic carbocycles. The SMILES string of the molecule is CCN1CCN(c2cc(C3CC3)cn3cc(CNc4cc(NC(=O)[C@H]5C[C@@H]5c5nccc(C)n5)ncn4)nc23)CC1. The molecule has 0 spiro atoms. The number of amides is 1. The molecule has 2 N–H and O–H groups in total. The molecule has 0 bridgehead atoms. The third kappa shape index (κ3) is 5.58. The molecule has 0 radical (unpaired) electrons. The second-order valence-electron chi connectivity index (χ2n) is 11.5. The molecule has 41 heavy (non-hydrogen) atoms. The number of carbonyl (C=O) groups excluding carboxylic acids is 1. The van der Waals surface area contributed by atoms with Gasteiger partial charge in [0.1, 0.15) is 23.8 Å². The van der Waals surface area contributed by atoms with Gasteiger partial charge in [0.25, 0.3) is 0 Å². The minimum atomic E-state index is -0.138.